The summed E-state index contributed by atoms with van der Waals surface area (Å²) < 4.78 is 10.8. The molecule has 7 nitrogen and oxygen atoms in total. The minimum Gasteiger partial charge on any atom is -0.435 e. The van der Waals surface area contributed by atoms with Gasteiger partial charge in [-0.05, 0) is 30.7 Å². The van der Waals surface area contributed by atoms with Gasteiger partial charge in [0.25, 0.3) is 0 Å². The van der Waals surface area contributed by atoms with E-state index in [1.807, 2.05) is 25.1 Å². The van der Waals surface area contributed by atoms with Gasteiger partial charge in [0.2, 0.25) is 5.89 Å². The molecule has 0 radical (unpaired) electrons. The number of fused-ring (bicyclic) bond motifs is 1. The molecule has 130 valence electrons. The lowest BCUT2D eigenvalue weighted by atomic mass is 10.2. The number of ether oxygens (including phenoxy) is 1. The van der Waals surface area contributed by atoms with Crippen LogP contribution in [0.1, 0.15) is 13.3 Å². The zero-order valence-corrected chi connectivity index (χ0v) is 14.2. The van der Waals surface area contributed by atoms with Crippen molar-refractivity contribution >= 4 is 22.8 Å². The SMILES string of the molecule is CC[C@@H](COC)NC(=O)Nc1ccc2nc(-c3ccccn3)oc2c1. The topological polar surface area (TPSA) is 89.3 Å². The van der Waals surface area contributed by atoms with Gasteiger partial charge in [0.05, 0.1) is 12.6 Å². The van der Waals surface area contributed by atoms with E-state index in [-0.39, 0.29) is 12.1 Å². The molecule has 2 heterocycles. The Morgan fingerprint density at radius 3 is 2.92 bits per heavy atom. The molecule has 2 aromatic heterocycles. The van der Waals surface area contributed by atoms with E-state index in [0.717, 1.165) is 6.42 Å². The number of hydrogen-bond donors (Lipinski definition) is 2. The molecule has 1 atom stereocenters. The molecular formula is C18H20N4O3. The molecule has 0 saturated carbocycles. The van der Waals surface area contributed by atoms with Crippen LogP contribution in [0.25, 0.3) is 22.7 Å². The lowest BCUT2D eigenvalue weighted by molar-refractivity contribution is 0.165. The molecule has 3 rings (SSSR count). The number of aromatic nitrogens is 2. The van der Waals surface area contributed by atoms with E-state index in [2.05, 4.69) is 20.6 Å². The Kier molecular flexibility index (Phi) is 5.25. The Labute approximate surface area is 145 Å². The fraction of sp³-hybridized carbons (Fsp3) is 0.278. The number of hydrogen-bond acceptors (Lipinski definition) is 5. The summed E-state index contributed by atoms with van der Waals surface area (Å²) in [7, 11) is 1.61. The first-order valence-corrected chi connectivity index (χ1v) is 8.08. The molecular weight excluding hydrogens is 320 g/mol. The lowest BCUT2D eigenvalue weighted by Gasteiger charge is -2.16. The van der Waals surface area contributed by atoms with Crippen molar-refractivity contribution in [2.24, 2.45) is 0 Å². The van der Waals surface area contributed by atoms with Gasteiger partial charge in [-0.3, -0.25) is 4.98 Å². The molecule has 7 heteroatoms. The van der Waals surface area contributed by atoms with Gasteiger partial charge in [-0.2, -0.15) is 0 Å². The second kappa shape index (κ2) is 7.76. The molecule has 25 heavy (non-hydrogen) atoms. The maximum atomic E-state index is 12.1. The number of nitrogens with one attached hydrogen (secondary N) is 2. The first kappa shape index (κ1) is 16.9. The summed E-state index contributed by atoms with van der Waals surface area (Å²) in [6, 6.07) is 10.5. The average molecular weight is 340 g/mol. The third kappa shape index (κ3) is 4.13. The van der Waals surface area contributed by atoms with Gasteiger partial charge < -0.3 is 19.8 Å². The Morgan fingerprint density at radius 2 is 2.20 bits per heavy atom. The third-order valence-electron chi connectivity index (χ3n) is 3.73. The van der Waals surface area contributed by atoms with E-state index in [9.17, 15) is 4.79 Å². The molecule has 0 spiro atoms. The van der Waals surface area contributed by atoms with Crippen LogP contribution in [0.2, 0.25) is 0 Å². The van der Waals surface area contributed by atoms with Crippen molar-refractivity contribution in [2.75, 3.05) is 19.0 Å². The first-order chi connectivity index (χ1) is 12.2. The van der Waals surface area contributed by atoms with Gasteiger partial charge in [0, 0.05) is 25.1 Å². The molecule has 0 aliphatic heterocycles. The number of carbonyl (C=O) groups is 1. The summed E-state index contributed by atoms with van der Waals surface area (Å²) in [5.41, 5.74) is 2.58. The second-order valence-electron chi connectivity index (χ2n) is 5.58. The maximum Gasteiger partial charge on any atom is 0.319 e. The predicted octanol–water partition coefficient (Wildman–Crippen LogP) is 3.44. The maximum absolute atomic E-state index is 12.1. The van der Waals surface area contributed by atoms with Crippen LogP contribution in [0.4, 0.5) is 10.5 Å². The largest absolute Gasteiger partial charge is 0.435 e. The van der Waals surface area contributed by atoms with Crippen molar-refractivity contribution in [2.45, 2.75) is 19.4 Å². The van der Waals surface area contributed by atoms with Crippen LogP contribution in [0.15, 0.2) is 47.0 Å². The predicted molar refractivity (Wildman–Crippen MR) is 95.3 cm³/mol. The Balaban J connectivity index is 1.74. The number of amides is 2. The van der Waals surface area contributed by atoms with E-state index in [0.29, 0.717) is 35.0 Å². The van der Waals surface area contributed by atoms with Crippen LogP contribution < -0.4 is 10.6 Å². The molecule has 0 aliphatic rings. The number of carbonyl (C=O) groups excluding carboxylic acids is 1. The van der Waals surface area contributed by atoms with Crippen molar-refractivity contribution < 1.29 is 13.9 Å². The van der Waals surface area contributed by atoms with Gasteiger partial charge in [-0.25, -0.2) is 9.78 Å². The fourth-order valence-electron chi connectivity index (χ4n) is 2.42. The number of rotatable bonds is 6. The zero-order chi connectivity index (χ0) is 17.6. The summed E-state index contributed by atoms with van der Waals surface area (Å²) in [6.07, 6.45) is 2.47. The Bertz CT molecular complexity index is 848. The highest BCUT2D eigenvalue weighted by Crippen LogP contribution is 2.25. The van der Waals surface area contributed by atoms with E-state index in [1.165, 1.54) is 0 Å². The van der Waals surface area contributed by atoms with Crippen LogP contribution in [0.3, 0.4) is 0 Å². The molecule has 0 aliphatic carbocycles. The minimum atomic E-state index is -0.285. The molecule has 1 aromatic carbocycles. The summed E-state index contributed by atoms with van der Waals surface area (Å²) >= 11 is 0. The van der Waals surface area contributed by atoms with Crippen LogP contribution >= 0.6 is 0 Å². The summed E-state index contributed by atoms with van der Waals surface area (Å²) in [5, 5.41) is 5.66. The molecule has 0 fully saturated rings. The van der Waals surface area contributed by atoms with Crippen LogP contribution in [0, 0.1) is 0 Å². The highest BCUT2D eigenvalue weighted by molar-refractivity contribution is 5.92. The molecule has 0 saturated heterocycles. The van der Waals surface area contributed by atoms with Gasteiger partial charge in [-0.15, -0.1) is 0 Å². The van der Waals surface area contributed by atoms with Gasteiger partial charge in [0.1, 0.15) is 11.2 Å². The molecule has 0 bridgehead atoms. The number of nitrogens with zero attached hydrogens (tertiary/aromatic N) is 2. The number of oxazole rings is 1. The normalized spacial score (nSPS) is 12.1. The Hall–Kier alpha value is -2.93. The highest BCUT2D eigenvalue weighted by Gasteiger charge is 2.12. The smallest absolute Gasteiger partial charge is 0.319 e. The van der Waals surface area contributed by atoms with Gasteiger partial charge in [-0.1, -0.05) is 13.0 Å². The quantitative estimate of drug-likeness (QED) is 0.717. The third-order valence-corrected chi connectivity index (χ3v) is 3.73. The van der Waals surface area contributed by atoms with Gasteiger partial charge >= 0.3 is 6.03 Å². The monoisotopic (exact) mass is 340 g/mol. The van der Waals surface area contributed by atoms with Crippen molar-refractivity contribution in [3.8, 4) is 11.6 Å². The van der Waals surface area contributed by atoms with Crippen LogP contribution in [0.5, 0.6) is 0 Å². The minimum absolute atomic E-state index is 0.0326. The van der Waals surface area contributed by atoms with Crippen molar-refractivity contribution in [3.63, 3.8) is 0 Å². The fourth-order valence-corrected chi connectivity index (χ4v) is 2.42. The van der Waals surface area contributed by atoms with Crippen molar-refractivity contribution in [1.29, 1.82) is 0 Å². The van der Waals surface area contributed by atoms with Crippen molar-refractivity contribution in [3.05, 3.63) is 42.6 Å². The average Bonchev–Trinajstić information content (AvgIpc) is 3.05. The summed E-state index contributed by atoms with van der Waals surface area (Å²) in [6.45, 7) is 2.46. The number of anilines is 1. The number of benzene rings is 1. The summed E-state index contributed by atoms with van der Waals surface area (Å²) in [4.78, 5) is 20.7. The van der Waals surface area contributed by atoms with Crippen molar-refractivity contribution in [1.82, 2.24) is 15.3 Å². The highest BCUT2D eigenvalue weighted by atomic mass is 16.5. The van der Waals surface area contributed by atoms with E-state index in [1.54, 1.807) is 31.5 Å². The number of methoxy groups -OCH3 is 1. The van der Waals surface area contributed by atoms with Gasteiger partial charge in [0.15, 0.2) is 5.58 Å². The van der Waals surface area contributed by atoms with E-state index < -0.39 is 0 Å². The lowest BCUT2D eigenvalue weighted by Crippen LogP contribution is -2.40. The van der Waals surface area contributed by atoms with Crippen LogP contribution in [-0.4, -0.2) is 35.8 Å². The molecule has 2 N–H and O–H groups in total. The standard InChI is InChI=1S/C18H20N4O3/c1-3-12(11-24-2)20-18(23)21-13-7-8-14-16(10-13)25-17(22-14)15-6-4-5-9-19-15/h4-10,12H,3,11H2,1-2H3,(H2,20,21,23)/t12-/m0/s1. The number of pyridine rings is 1. The molecule has 3 aromatic rings. The van der Waals surface area contributed by atoms with E-state index in [4.69, 9.17) is 9.15 Å². The number of urea groups is 1. The first-order valence-electron chi connectivity index (χ1n) is 8.08. The van der Waals surface area contributed by atoms with E-state index >= 15 is 0 Å². The summed E-state index contributed by atoms with van der Waals surface area (Å²) in [5.74, 6) is 0.448. The molecule has 2 amide bonds. The Morgan fingerprint density at radius 1 is 1.32 bits per heavy atom. The van der Waals surface area contributed by atoms with Crippen LogP contribution in [-0.2, 0) is 4.74 Å². The second-order valence-corrected chi connectivity index (χ2v) is 5.58. The zero-order valence-electron chi connectivity index (χ0n) is 14.2. The molecule has 0 unspecified atom stereocenters.